The van der Waals surface area contributed by atoms with E-state index in [2.05, 4.69) is 72.5 Å². The summed E-state index contributed by atoms with van der Waals surface area (Å²) < 4.78 is 0. The average Bonchev–Trinajstić information content (AvgIpc) is 3.38. The van der Waals surface area contributed by atoms with Crippen LogP contribution in [0, 0.1) is 62.6 Å². The van der Waals surface area contributed by atoms with Crippen molar-refractivity contribution in [2.24, 2.45) is 62.6 Å². The molecular formula is C41H61NO4. The van der Waals surface area contributed by atoms with Crippen molar-refractivity contribution in [2.45, 2.75) is 125 Å². The van der Waals surface area contributed by atoms with E-state index in [1.165, 1.54) is 37.7 Å². The number of fused-ring (bicyclic) bond motifs is 7. The van der Waals surface area contributed by atoms with Crippen LogP contribution in [-0.2, 0) is 4.79 Å². The van der Waals surface area contributed by atoms with Crippen LogP contribution >= 0.6 is 0 Å². The Hall–Kier alpha value is -2.30. The number of rotatable bonds is 7. The standard InChI is InChI=1S/C41H61NO4/c1-25(2)29-15-21-41(36(46)42-24-18-26(3)43)23-22-39(7)31(34(29)41)13-14-33-38(6)19-16-30(27-9-11-28(12-10-27)35(44)45)37(4,5)32(38)17-20-40(33,39)8/h9-12,25,29-34,43H,3,13-24H2,1-2,4-8H3,(H,42,46)(H,44,45)/t29-,30+,31+,32-,33+,34+,38-,39+,40+,41-/m0/s1. The molecule has 0 bridgehead atoms. The molecule has 1 aromatic rings. The van der Waals surface area contributed by atoms with Crippen LogP contribution in [-0.4, -0.2) is 28.6 Å². The Bertz CT molecular complexity index is 1360. The van der Waals surface area contributed by atoms with Gasteiger partial charge in [0.1, 0.15) is 0 Å². The van der Waals surface area contributed by atoms with Crippen LogP contribution in [0.2, 0.25) is 0 Å². The van der Waals surface area contributed by atoms with E-state index >= 15 is 0 Å². The van der Waals surface area contributed by atoms with E-state index in [9.17, 15) is 19.8 Å². The molecule has 254 valence electrons. The number of nitrogens with one attached hydrogen (secondary N) is 1. The lowest BCUT2D eigenvalue weighted by molar-refractivity contribution is -0.239. The molecule has 5 aliphatic rings. The molecule has 0 aromatic heterocycles. The molecule has 3 N–H and O–H groups in total. The van der Waals surface area contributed by atoms with E-state index in [1.807, 2.05) is 0 Å². The molecule has 5 heteroatoms. The Labute approximate surface area is 278 Å². The van der Waals surface area contributed by atoms with Crippen LogP contribution < -0.4 is 5.32 Å². The normalized spacial score (nSPS) is 42.7. The highest BCUT2D eigenvalue weighted by molar-refractivity contribution is 5.87. The van der Waals surface area contributed by atoms with Crippen LogP contribution in [0.3, 0.4) is 0 Å². The van der Waals surface area contributed by atoms with E-state index in [4.69, 9.17) is 0 Å². The number of aliphatic hydroxyl groups is 1. The summed E-state index contributed by atoms with van der Waals surface area (Å²) in [5.74, 6) is 3.39. The van der Waals surface area contributed by atoms with E-state index in [0.29, 0.717) is 60.0 Å². The minimum Gasteiger partial charge on any atom is -0.513 e. The fourth-order valence-electron chi connectivity index (χ4n) is 13.7. The number of hydrogen-bond donors (Lipinski definition) is 3. The molecule has 5 aliphatic carbocycles. The zero-order valence-electron chi connectivity index (χ0n) is 29.8. The van der Waals surface area contributed by atoms with Gasteiger partial charge in [0.25, 0.3) is 0 Å². The molecule has 0 unspecified atom stereocenters. The number of carbonyl (C=O) groups is 2. The smallest absolute Gasteiger partial charge is 0.335 e. The lowest BCUT2D eigenvalue weighted by atomic mass is 9.31. The predicted octanol–water partition coefficient (Wildman–Crippen LogP) is 9.78. The Morgan fingerprint density at radius 3 is 2.17 bits per heavy atom. The molecule has 6 rings (SSSR count). The van der Waals surface area contributed by atoms with Gasteiger partial charge >= 0.3 is 5.97 Å². The van der Waals surface area contributed by atoms with Gasteiger partial charge in [0, 0.05) is 13.0 Å². The quantitative estimate of drug-likeness (QED) is 0.262. The van der Waals surface area contributed by atoms with Crippen molar-refractivity contribution in [1.82, 2.24) is 5.32 Å². The maximum absolute atomic E-state index is 14.2. The van der Waals surface area contributed by atoms with Gasteiger partial charge in [-0.05, 0) is 145 Å². The summed E-state index contributed by atoms with van der Waals surface area (Å²) >= 11 is 0. The van der Waals surface area contributed by atoms with E-state index in [-0.39, 0.29) is 38.7 Å². The minimum atomic E-state index is -0.858. The van der Waals surface area contributed by atoms with Crippen LogP contribution in [0.15, 0.2) is 36.6 Å². The molecule has 1 amide bonds. The summed E-state index contributed by atoms with van der Waals surface area (Å²) in [5, 5.41) is 22.4. The number of carbonyl (C=O) groups excluding carboxylic acids is 1. The topological polar surface area (TPSA) is 86.6 Å². The summed E-state index contributed by atoms with van der Waals surface area (Å²) in [6.07, 6.45) is 12.1. The van der Waals surface area contributed by atoms with Gasteiger partial charge in [-0.2, -0.15) is 0 Å². The fraction of sp³-hybridized carbons (Fsp3) is 0.756. The van der Waals surface area contributed by atoms with Gasteiger partial charge in [0.2, 0.25) is 5.91 Å². The summed E-state index contributed by atoms with van der Waals surface area (Å²) in [7, 11) is 0. The number of benzene rings is 1. The van der Waals surface area contributed by atoms with E-state index in [1.54, 1.807) is 12.1 Å². The molecular weight excluding hydrogens is 570 g/mol. The molecule has 1 aromatic carbocycles. The second-order valence-electron chi connectivity index (χ2n) is 18.2. The van der Waals surface area contributed by atoms with Crippen molar-refractivity contribution in [3.63, 3.8) is 0 Å². The van der Waals surface area contributed by atoms with Gasteiger partial charge in [-0.25, -0.2) is 4.79 Å². The Morgan fingerprint density at radius 2 is 1.54 bits per heavy atom. The second kappa shape index (κ2) is 11.4. The summed E-state index contributed by atoms with van der Waals surface area (Å²) in [6, 6.07) is 7.74. The van der Waals surface area contributed by atoms with Crippen molar-refractivity contribution in [3.8, 4) is 0 Å². The van der Waals surface area contributed by atoms with Gasteiger partial charge in [0.15, 0.2) is 0 Å². The third-order valence-corrected chi connectivity index (χ3v) is 16.1. The monoisotopic (exact) mass is 631 g/mol. The SMILES string of the molecule is C=C(O)CCNC(=O)[C@]12CC[C@@H](C(C)C)[C@@H]1[C@H]1CC[C@@H]3[C@@]4(C)CC[C@H](c5ccc(C(=O)O)cc5)C(C)(C)[C@@H]4CC[C@@]3(C)[C@]1(C)CC2. The molecule has 0 heterocycles. The fourth-order valence-corrected chi connectivity index (χ4v) is 13.7. The third kappa shape index (κ3) is 4.74. The first-order valence-electron chi connectivity index (χ1n) is 18.5. The Morgan fingerprint density at radius 1 is 0.848 bits per heavy atom. The number of carboxylic acids is 1. The van der Waals surface area contributed by atoms with Gasteiger partial charge in [-0.1, -0.05) is 67.2 Å². The Kier molecular flexibility index (Phi) is 8.33. The molecule has 0 radical (unpaired) electrons. The van der Waals surface area contributed by atoms with Crippen molar-refractivity contribution in [2.75, 3.05) is 6.54 Å². The number of aliphatic hydroxyl groups excluding tert-OH is 1. The molecule has 10 atom stereocenters. The maximum Gasteiger partial charge on any atom is 0.335 e. The summed E-state index contributed by atoms with van der Waals surface area (Å²) in [4.78, 5) is 25.7. The van der Waals surface area contributed by atoms with Crippen LogP contribution in [0.1, 0.15) is 141 Å². The summed E-state index contributed by atoms with van der Waals surface area (Å²) in [6.45, 7) is 21.9. The van der Waals surface area contributed by atoms with Gasteiger partial charge in [-0.3, -0.25) is 4.79 Å². The van der Waals surface area contributed by atoms with Crippen molar-refractivity contribution < 1.29 is 19.8 Å². The maximum atomic E-state index is 14.2. The van der Waals surface area contributed by atoms with Gasteiger partial charge in [0.05, 0.1) is 16.7 Å². The zero-order chi connectivity index (χ0) is 33.4. The number of aromatic carboxylic acids is 1. The molecule has 0 aliphatic heterocycles. The summed E-state index contributed by atoms with van der Waals surface area (Å²) in [5.41, 5.74) is 2.24. The molecule has 0 saturated heterocycles. The first-order chi connectivity index (χ1) is 21.5. The van der Waals surface area contributed by atoms with E-state index in [0.717, 1.165) is 32.1 Å². The lowest BCUT2D eigenvalue weighted by Gasteiger charge is -2.73. The number of amides is 1. The zero-order valence-corrected chi connectivity index (χ0v) is 29.8. The molecule has 46 heavy (non-hydrogen) atoms. The molecule has 0 spiro atoms. The van der Waals surface area contributed by atoms with Crippen molar-refractivity contribution >= 4 is 11.9 Å². The number of hydrogen-bond acceptors (Lipinski definition) is 3. The van der Waals surface area contributed by atoms with Crippen molar-refractivity contribution in [3.05, 3.63) is 47.7 Å². The third-order valence-electron chi connectivity index (χ3n) is 16.1. The van der Waals surface area contributed by atoms with Crippen LogP contribution in [0.5, 0.6) is 0 Å². The lowest BCUT2D eigenvalue weighted by Crippen LogP contribution is -2.67. The highest BCUT2D eigenvalue weighted by Gasteiger charge is 2.72. The predicted molar refractivity (Wildman–Crippen MR) is 185 cm³/mol. The molecule has 5 saturated carbocycles. The highest BCUT2D eigenvalue weighted by Crippen LogP contribution is 2.78. The van der Waals surface area contributed by atoms with E-state index < -0.39 is 5.97 Å². The van der Waals surface area contributed by atoms with Gasteiger partial charge in [-0.15, -0.1) is 0 Å². The van der Waals surface area contributed by atoms with Crippen LogP contribution in [0.25, 0.3) is 0 Å². The molecule has 5 fully saturated rings. The first-order valence-corrected chi connectivity index (χ1v) is 18.5. The highest BCUT2D eigenvalue weighted by atomic mass is 16.4. The second-order valence-corrected chi connectivity index (χ2v) is 18.2. The first kappa shape index (κ1) is 33.6. The van der Waals surface area contributed by atoms with Crippen LogP contribution in [0.4, 0.5) is 0 Å². The Balaban J connectivity index is 1.30. The minimum absolute atomic E-state index is 0.130. The average molecular weight is 632 g/mol. The number of carboxylic acid groups (broad SMARTS) is 1. The van der Waals surface area contributed by atoms with Crippen molar-refractivity contribution in [1.29, 1.82) is 0 Å². The molecule has 5 nitrogen and oxygen atoms in total. The van der Waals surface area contributed by atoms with Gasteiger partial charge < -0.3 is 15.5 Å². The largest absolute Gasteiger partial charge is 0.513 e.